The number of halogens is 2. The smallest absolute Gasteiger partial charge is 0.355 e. The average molecular weight is 419 g/mol. The highest BCUT2D eigenvalue weighted by Gasteiger charge is 2.28. The van der Waals surface area contributed by atoms with E-state index in [4.69, 9.17) is 23.2 Å². The SMILES string of the molecule is CCN(CC)c1c(C(=O)O)n(-c2ccccc2C(C)C)c2cc(Cl)c(Cl)cc12. The molecule has 6 heteroatoms. The highest BCUT2D eigenvalue weighted by Crippen LogP contribution is 2.41. The number of aromatic nitrogens is 1. The molecule has 0 saturated carbocycles. The van der Waals surface area contributed by atoms with E-state index in [0.717, 1.165) is 22.2 Å². The first-order chi connectivity index (χ1) is 13.3. The highest BCUT2D eigenvalue weighted by molar-refractivity contribution is 6.43. The summed E-state index contributed by atoms with van der Waals surface area (Å²) in [6.45, 7) is 9.58. The maximum absolute atomic E-state index is 12.5. The van der Waals surface area contributed by atoms with Crippen molar-refractivity contribution >= 4 is 45.8 Å². The van der Waals surface area contributed by atoms with Gasteiger partial charge < -0.3 is 14.6 Å². The maximum Gasteiger partial charge on any atom is 0.355 e. The Labute approximate surface area is 175 Å². The lowest BCUT2D eigenvalue weighted by molar-refractivity contribution is 0.0689. The van der Waals surface area contributed by atoms with Crippen LogP contribution in [0, 0.1) is 0 Å². The molecule has 1 N–H and O–H groups in total. The molecule has 0 unspecified atom stereocenters. The Balaban J connectivity index is 2.55. The predicted molar refractivity (Wildman–Crippen MR) is 118 cm³/mol. The average Bonchev–Trinajstić information content (AvgIpc) is 2.97. The third kappa shape index (κ3) is 3.36. The quantitative estimate of drug-likeness (QED) is 0.489. The predicted octanol–water partition coefficient (Wildman–Crippen LogP) is 6.61. The van der Waals surface area contributed by atoms with Gasteiger partial charge in [0.1, 0.15) is 0 Å². The molecule has 3 aromatic rings. The van der Waals surface area contributed by atoms with E-state index in [0.29, 0.717) is 28.8 Å². The Morgan fingerprint density at radius 1 is 1.11 bits per heavy atom. The van der Waals surface area contributed by atoms with Crippen LogP contribution in [0.15, 0.2) is 36.4 Å². The second-order valence-electron chi connectivity index (χ2n) is 7.01. The molecule has 1 heterocycles. The largest absolute Gasteiger partial charge is 0.476 e. The molecule has 0 fully saturated rings. The van der Waals surface area contributed by atoms with Gasteiger partial charge in [0.2, 0.25) is 0 Å². The van der Waals surface area contributed by atoms with Crippen molar-refractivity contribution < 1.29 is 9.90 Å². The third-order valence-electron chi connectivity index (χ3n) is 5.06. The van der Waals surface area contributed by atoms with Crippen molar-refractivity contribution in [3.05, 3.63) is 57.7 Å². The van der Waals surface area contributed by atoms with Crippen molar-refractivity contribution in [1.29, 1.82) is 0 Å². The van der Waals surface area contributed by atoms with Crippen LogP contribution in [0.2, 0.25) is 10.0 Å². The molecule has 0 radical (unpaired) electrons. The number of carboxylic acids is 1. The van der Waals surface area contributed by atoms with Crippen LogP contribution in [-0.4, -0.2) is 28.7 Å². The molecule has 1 aromatic heterocycles. The van der Waals surface area contributed by atoms with Crippen LogP contribution in [0.3, 0.4) is 0 Å². The summed E-state index contributed by atoms with van der Waals surface area (Å²) in [7, 11) is 0. The molecule has 0 aliphatic carbocycles. The van der Waals surface area contributed by atoms with Gasteiger partial charge in [-0.3, -0.25) is 0 Å². The van der Waals surface area contributed by atoms with Gasteiger partial charge in [-0.15, -0.1) is 0 Å². The minimum atomic E-state index is -0.982. The van der Waals surface area contributed by atoms with Crippen LogP contribution in [-0.2, 0) is 0 Å². The highest BCUT2D eigenvalue weighted by atomic mass is 35.5. The lowest BCUT2D eigenvalue weighted by Gasteiger charge is -2.22. The summed E-state index contributed by atoms with van der Waals surface area (Å²) in [5, 5.41) is 11.8. The standard InChI is InChI=1S/C22H24Cl2N2O2/c1-5-25(6-2)20-15-11-16(23)17(24)12-19(15)26(21(20)22(27)28)18-10-8-7-9-14(18)13(3)4/h7-13H,5-6H2,1-4H3,(H,27,28). The fourth-order valence-electron chi connectivity index (χ4n) is 3.75. The molecule has 0 atom stereocenters. The number of hydrogen-bond donors (Lipinski definition) is 1. The van der Waals surface area contributed by atoms with Crippen LogP contribution < -0.4 is 4.90 Å². The Kier molecular flexibility index (Phi) is 5.92. The van der Waals surface area contributed by atoms with Crippen molar-refractivity contribution in [2.45, 2.75) is 33.6 Å². The van der Waals surface area contributed by atoms with E-state index in [9.17, 15) is 9.90 Å². The minimum absolute atomic E-state index is 0.227. The fourth-order valence-corrected chi connectivity index (χ4v) is 4.07. The van der Waals surface area contributed by atoms with Gasteiger partial charge >= 0.3 is 5.97 Å². The van der Waals surface area contributed by atoms with Gasteiger partial charge in [-0.1, -0.05) is 55.2 Å². The Bertz CT molecular complexity index is 1040. The summed E-state index contributed by atoms with van der Waals surface area (Å²) in [5.74, 6) is -0.751. The van der Waals surface area contributed by atoms with Gasteiger partial charge in [-0.25, -0.2) is 4.79 Å². The van der Waals surface area contributed by atoms with Gasteiger partial charge in [0, 0.05) is 24.2 Å². The maximum atomic E-state index is 12.5. The first kappa shape index (κ1) is 20.6. The van der Waals surface area contributed by atoms with E-state index in [1.165, 1.54) is 0 Å². The normalized spacial score (nSPS) is 11.4. The zero-order valence-corrected chi connectivity index (χ0v) is 18.0. The van der Waals surface area contributed by atoms with Gasteiger partial charge in [0.05, 0.1) is 21.2 Å². The molecule has 0 spiro atoms. The van der Waals surface area contributed by atoms with Crippen molar-refractivity contribution in [1.82, 2.24) is 4.57 Å². The first-order valence-corrected chi connectivity index (χ1v) is 10.2. The number of aromatic carboxylic acids is 1. The summed E-state index contributed by atoms with van der Waals surface area (Å²) in [6, 6.07) is 11.4. The number of hydrogen-bond acceptors (Lipinski definition) is 2. The minimum Gasteiger partial charge on any atom is -0.476 e. The number of carbonyl (C=O) groups is 1. The molecule has 0 bridgehead atoms. The Morgan fingerprint density at radius 3 is 2.29 bits per heavy atom. The molecule has 0 amide bonds. The number of rotatable bonds is 6. The molecular weight excluding hydrogens is 395 g/mol. The van der Waals surface area contributed by atoms with Crippen LogP contribution in [0.25, 0.3) is 16.6 Å². The second kappa shape index (κ2) is 8.06. The van der Waals surface area contributed by atoms with E-state index >= 15 is 0 Å². The van der Waals surface area contributed by atoms with E-state index in [1.807, 2.05) is 47.6 Å². The van der Waals surface area contributed by atoms with Crippen LogP contribution in [0.1, 0.15) is 49.7 Å². The van der Waals surface area contributed by atoms with Crippen LogP contribution in [0.4, 0.5) is 5.69 Å². The van der Waals surface area contributed by atoms with E-state index < -0.39 is 5.97 Å². The number of fused-ring (bicyclic) bond motifs is 1. The summed E-state index contributed by atoms with van der Waals surface area (Å²) in [4.78, 5) is 14.5. The van der Waals surface area contributed by atoms with Crippen molar-refractivity contribution in [2.75, 3.05) is 18.0 Å². The molecule has 2 aromatic carbocycles. The topological polar surface area (TPSA) is 45.5 Å². The van der Waals surface area contributed by atoms with Gasteiger partial charge in [-0.2, -0.15) is 0 Å². The molecule has 148 valence electrons. The molecule has 0 aliphatic rings. The molecule has 28 heavy (non-hydrogen) atoms. The van der Waals surface area contributed by atoms with Crippen LogP contribution >= 0.6 is 23.2 Å². The monoisotopic (exact) mass is 418 g/mol. The summed E-state index contributed by atoms with van der Waals surface area (Å²) in [6.07, 6.45) is 0. The third-order valence-corrected chi connectivity index (χ3v) is 5.79. The zero-order chi connectivity index (χ0) is 20.6. The summed E-state index contributed by atoms with van der Waals surface area (Å²) >= 11 is 12.6. The molecular formula is C22H24Cl2N2O2. The number of benzene rings is 2. The number of para-hydroxylation sites is 1. The second-order valence-corrected chi connectivity index (χ2v) is 7.82. The lowest BCUT2D eigenvalue weighted by Crippen LogP contribution is -2.24. The molecule has 4 nitrogen and oxygen atoms in total. The number of carboxylic acid groups (broad SMARTS) is 1. The van der Waals surface area contributed by atoms with Gasteiger partial charge in [-0.05, 0) is 43.5 Å². The van der Waals surface area contributed by atoms with E-state index in [1.54, 1.807) is 12.1 Å². The van der Waals surface area contributed by atoms with Gasteiger partial charge in [0.25, 0.3) is 0 Å². The Hall–Kier alpha value is -2.17. The van der Waals surface area contributed by atoms with Crippen LogP contribution in [0.5, 0.6) is 0 Å². The molecule has 0 aliphatic heterocycles. The zero-order valence-electron chi connectivity index (χ0n) is 16.5. The number of anilines is 1. The van der Waals surface area contributed by atoms with Gasteiger partial charge in [0.15, 0.2) is 5.69 Å². The van der Waals surface area contributed by atoms with E-state index in [2.05, 4.69) is 13.8 Å². The van der Waals surface area contributed by atoms with E-state index in [-0.39, 0.29) is 11.6 Å². The van der Waals surface area contributed by atoms with Crippen molar-refractivity contribution in [3.8, 4) is 5.69 Å². The summed E-state index contributed by atoms with van der Waals surface area (Å²) < 4.78 is 1.81. The van der Waals surface area contributed by atoms with Crippen molar-refractivity contribution in [3.63, 3.8) is 0 Å². The fraction of sp³-hybridized carbons (Fsp3) is 0.318. The number of nitrogens with zero attached hydrogens (tertiary/aromatic N) is 2. The Morgan fingerprint density at radius 2 is 1.71 bits per heavy atom. The molecule has 0 saturated heterocycles. The molecule has 3 rings (SSSR count). The first-order valence-electron chi connectivity index (χ1n) is 9.42. The lowest BCUT2D eigenvalue weighted by atomic mass is 10.0. The summed E-state index contributed by atoms with van der Waals surface area (Å²) in [5.41, 5.74) is 3.55. The van der Waals surface area contributed by atoms with Crippen molar-refractivity contribution in [2.24, 2.45) is 0 Å².